The average molecular weight is 332 g/mol. The van der Waals surface area contributed by atoms with E-state index in [1.54, 1.807) is 0 Å². The molecule has 0 atom stereocenters. The molecule has 24 heavy (non-hydrogen) atoms. The maximum Gasteiger partial charge on any atom is 0.193 e. The maximum atomic E-state index is 5.39. The molecule has 1 saturated heterocycles. The Bertz CT molecular complexity index is 495. The van der Waals surface area contributed by atoms with Gasteiger partial charge in [-0.2, -0.15) is 0 Å². The molecule has 1 heterocycles. The van der Waals surface area contributed by atoms with E-state index in [-0.39, 0.29) is 0 Å². The molecule has 1 aromatic rings. The van der Waals surface area contributed by atoms with Gasteiger partial charge in [-0.1, -0.05) is 29.8 Å². The van der Waals surface area contributed by atoms with Crippen LogP contribution in [-0.4, -0.2) is 68.7 Å². The van der Waals surface area contributed by atoms with Gasteiger partial charge in [0.05, 0.1) is 13.2 Å². The Morgan fingerprint density at radius 2 is 1.96 bits per heavy atom. The molecule has 0 saturated carbocycles. The van der Waals surface area contributed by atoms with E-state index >= 15 is 0 Å². The van der Waals surface area contributed by atoms with E-state index < -0.39 is 0 Å². The molecular formula is C19H32N4O. The van der Waals surface area contributed by atoms with Crippen molar-refractivity contribution in [2.24, 2.45) is 4.99 Å². The number of morpholine rings is 1. The zero-order valence-corrected chi connectivity index (χ0v) is 15.4. The monoisotopic (exact) mass is 332 g/mol. The van der Waals surface area contributed by atoms with Gasteiger partial charge in [0.15, 0.2) is 5.96 Å². The van der Waals surface area contributed by atoms with E-state index in [9.17, 15) is 0 Å². The highest BCUT2D eigenvalue weighted by molar-refractivity contribution is 5.79. The number of rotatable bonds is 7. The van der Waals surface area contributed by atoms with Crippen LogP contribution in [-0.2, 0) is 11.3 Å². The molecule has 134 valence electrons. The van der Waals surface area contributed by atoms with Gasteiger partial charge in [-0.25, -0.2) is 0 Å². The minimum absolute atomic E-state index is 0.859. The predicted octanol–water partition coefficient (Wildman–Crippen LogP) is 2.11. The van der Waals surface area contributed by atoms with Crippen LogP contribution in [0.3, 0.4) is 0 Å². The summed E-state index contributed by atoms with van der Waals surface area (Å²) in [5.41, 5.74) is 2.60. The molecule has 0 unspecified atom stereocenters. The van der Waals surface area contributed by atoms with Gasteiger partial charge in [0, 0.05) is 46.3 Å². The molecule has 0 radical (unpaired) electrons. The fourth-order valence-electron chi connectivity index (χ4n) is 2.82. The van der Waals surface area contributed by atoms with Crippen molar-refractivity contribution in [2.45, 2.75) is 26.8 Å². The first-order valence-electron chi connectivity index (χ1n) is 9.04. The second-order valence-corrected chi connectivity index (χ2v) is 6.38. The molecule has 0 amide bonds. The first kappa shape index (κ1) is 18.7. The van der Waals surface area contributed by atoms with Crippen molar-refractivity contribution in [2.75, 3.05) is 53.0 Å². The summed E-state index contributed by atoms with van der Waals surface area (Å²) in [5, 5.41) is 3.39. The number of nitrogens with zero attached hydrogens (tertiary/aromatic N) is 3. The number of aryl methyl sites for hydroxylation is 1. The molecule has 0 spiro atoms. The summed E-state index contributed by atoms with van der Waals surface area (Å²) in [4.78, 5) is 9.44. The second-order valence-electron chi connectivity index (χ2n) is 6.38. The molecule has 1 aliphatic rings. The smallest absolute Gasteiger partial charge is 0.193 e. The molecule has 1 fully saturated rings. The SMILES string of the molecule is CCNC(=NCCCN1CCOCC1)N(C)Cc1ccc(C)cc1. The van der Waals surface area contributed by atoms with E-state index in [0.717, 1.165) is 64.9 Å². The van der Waals surface area contributed by atoms with Crippen LogP contribution in [0.25, 0.3) is 0 Å². The molecule has 2 rings (SSSR count). The van der Waals surface area contributed by atoms with Crippen LogP contribution in [0.1, 0.15) is 24.5 Å². The summed E-state index contributed by atoms with van der Waals surface area (Å²) >= 11 is 0. The highest BCUT2D eigenvalue weighted by atomic mass is 16.5. The summed E-state index contributed by atoms with van der Waals surface area (Å²) in [5.74, 6) is 0.986. The Hall–Kier alpha value is -1.59. The number of benzene rings is 1. The third kappa shape index (κ3) is 6.49. The number of aliphatic imine (C=N–C) groups is 1. The highest BCUT2D eigenvalue weighted by Crippen LogP contribution is 2.06. The Morgan fingerprint density at radius 1 is 1.25 bits per heavy atom. The van der Waals surface area contributed by atoms with Gasteiger partial charge >= 0.3 is 0 Å². The molecule has 0 aromatic heterocycles. The zero-order valence-electron chi connectivity index (χ0n) is 15.4. The maximum absolute atomic E-state index is 5.39. The van der Waals surface area contributed by atoms with Crippen molar-refractivity contribution in [1.29, 1.82) is 0 Å². The van der Waals surface area contributed by atoms with Crippen molar-refractivity contribution >= 4 is 5.96 Å². The summed E-state index contributed by atoms with van der Waals surface area (Å²) in [6.45, 7) is 11.8. The standard InChI is InChI=1S/C19H32N4O/c1-4-20-19(21-10-5-11-23-12-14-24-15-13-23)22(3)16-18-8-6-17(2)7-9-18/h6-9H,4-5,10-16H2,1-3H3,(H,20,21). The number of guanidine groups is 1. The lowest BCUT2D eigenvalue weighted by Crippen LogP contribution is -2.39. The number of ether oxygens (including phenoxy) is 1. The fraction of sp³-hybridized carbons (Fsp3) is 0.632. The van der Waals surface area contributed by atoms with Crippen molar-refractivity contribution < 1.29 is 4.74 Å². The van der Waals surface area contributed by atoms with Crippen molar-refractivity contribution in [3.63, 3.8) is 0 Å². The Balaban J connectivity index is 1.80. The minimum atomic E-state index is 0.859. The third-order valence-corrected chi connectivity index (χ3v) is 4.23. The first-order chi connectivity index (χ1) is 11.7. The lowest BCUT2D eigenvalue weighted by Gasteiger charge is -2.26. The summed E-state index contributed by atoms with van der Waals surface area (Å²) in [7, 11) is 2.10. The van der Waals surface area contributed by atoms with Gasteiger partial charge in [-0.15, -0.1) is 0 Å². The van der Waals surface area contributed by atoms with E-state index in [1.807, 2.05) is 0 Å². The second kappa shape index (κ2) is 10.3. The Kier molecular flexibility index (Phi) is 8.05. The number of hydrogen-bond acceptors (Lipinski definition) is 3. The number of nitrogens with one attached hydrogen (secondary N) is 1. The van der Waals surface area contributed by atoms with Gasteiger partial charge in [-0.3, -0.25) is 9.89 Å². The average Bonchev–Trinajstić information content (AvgIpc) is 2.60. The van der Waals surface area contributed by atoms with Crippen LogP contribution in [0.5, 0.6) is 0 Å². The lowest BCUT2D eigenvalue weighted by atomic mass is 10.1. The third-order valence-electron chi connectivity index (χ3n) is 4.23. The van der Waals surface area contributed by atoms with E-state index in [1.165, 1.54) is 11.1 Å². The van der Waals surface area contributed by atoms with Crippen LogP contribution in [0.4, 0.5) is 0 Å². The van der Waals surface area contributed by atoms with Crippen molar-refractivity contribution in [3.8, 4) is 0 Å². The molecule has 1 aliphatic heterocycles. The first-order valence-corrected chi connectivity index (χ1v) is 9.04. The van der Waals surface area contributed by atoms with Crippen LogP contribution < -0.4 is 5.32 Å². The van der Waals surface area contributed by atoms with Crippen molar-refractivity contribution in [3.05, 3.63) is 35.4 Å². The summed E-state index contributed by atoms with van der Waals surface area (Å²) in [6.07, 6.45) is 1.09. The van der Waals surface area contributed by atoms with E-state index in [2.05, 4.69) is 60.3 Å². The summed E-state index contributed by atoms with van der Waals surface area (Å²) < 4.78 is 5.39. The molecule has 1 aromatic carbocycles. The molecule has 5 heteroatoms. The minimum Gasteiger partial charge on any atom is -0.379 e. The normalized spacial score (nSPS) is 16.2. The number of hydrogen-bond donors (Lipinski definition) is 1. The van der Waals surface area contributed by atoms with Gasteiger partial charge < -0.3 is 15.0 Å². The molecule has 0 bridgehead atoms. The topological polar surface area (TPSA) is 40.1 Å². The quantitative estimate of drug-likeness (QED) is 0.472. The lowest BCUT2D eigenvalue weighted by molar-refractivity contribution is 0.0377. The molecule has 1 N–H and O–H groups in total. The van der Waals surface area contributed by atoms with E-state index in [0.29, 0.717) is 0 Å². The van der Waals surface area contributed by atoms with Gasteiger partial charge in [-0.05, 0) is 25.8 Å². The van der Waals surface area contributed by atoms with Crippen LogP contribution in [0.2, 0.25) is 0 Å². The van der Waals surface area contributed by atoms with Crippen LogP contribution in [0.15, 0.2) is 29.3 Å². The molecular weight excluding hydrogens is 300 g/mol. The molecule has 5 nitrogen and oxygen atoms in total. The zero-order chi connectivity index (χ0) is 17.2. The summed E-state index contributed by atoms with van der Waals surface area (Å²) in [6, 6.07) is 8.70. The van der Waals surface area contributed by atoms with E-state index in [4.69, 9.17) is 9.73 Å². The Morgan fingerprint density at radius 3 is 2.62 bits per heavy atom. The largest absolute Gasteiger partial charge is 0.379 e. The van der Waals surface area contributed by atoms with Gasteiger partial charge in [0.25, 0.3) is 0 Å². The van der Waals surface area contributed by atoms with Crippen LogP contribution >= 0.6 is 0 Å². The van der Waals surface area contributed by atoms with Crippen LogP contribution in [0, 0.1) is 6.92 Å². The molecule has 0 aliphatic carbocycles. The Labute approximate surface area is 146 Å². The highest BCUT2D eigenvalue weighted by Gasteiger charge is 2.10. The van der Waals surface area contributed by atoms with Gasteiger partial charge in [0.2, 0.25) is 0 Å². The van der Waals surface area contributed by atoms with Crippen molar-refractivity contribution in [1.82, 2.24) is 15.1 Å². The predicted molar refractivity (Wildman–Crippen MR) is 101 cm³/mol. The van der Waals surface area contributed by atoms with Gasteiger partial charge in [0.1, 0.15) is 0 Å². The fourth-order valence-corrected chi connectivity index (χ4v) is 2.82.